The van der Waals surface area contributed by atoms with Gasteiger partial charge < -0.3 is 15.6 Å². The Kier molecular flexibility index (Phi) is 3.19. The molecule has 0 radical (unpaired) electrons. The number of ether oxygens (including phenoxy) is 1. The highest BCUT2D eigenvalue weighted by Gasteiger charge is 2.40. The molecule has 5 heteroatoms. The zero-order chi connectivity index (χ0) is 11.8. The summed E-state index contributed by atoms with van der Waals surface area (Å²) in [5, 5.41) is 9.03. The molecule has 3 N–H and O–H groups in total. The maximum Gasteiger partial charge on any atom is 0.324 e. The lowest BCUT2D eigenvalue weighted by atomic mass is 10.0. The molecule has 1 aliphatic carbocycles. The molecule has 5 nitrogen and oxygen atoms in total. The van der Waals surface area contributed by atoms with Crippen molar-refractivity contribution in [1.82, 2.24) is 4.90 Å². The smallest absolute Gasteiger partial charge is 0.324 e. The molecule has 16 heavy (non-hydrogen) atoms. The average molecular weight is 228 g/mol. The summed E-state index contributed by atoms with van der Waals surface area (Å²) in [5.74, 6) is -0.937. The Morgan fingerprint density at radius 3 is 3.06 bits per heavy atom. The standard InChI is InChI=1S/C11H20N2O3/c1-11(12,10(14)15)7-13-5-6-16-9-4-2-3-8(9)13/h8-9H,2-7,12H2,1H3,(H,14,15). The van der Waals surface area contributed by atoms with Gasteiger partial charge in [-0.2, -0.15) is 0 Å². The monoisotopic (exact) mass is 228 g/mol. The molecule has 0 bridgehead atoms. The first-order chi connectivity index (χ1) is 7.50. The van der Waals surface area contributed by atoms with Crippen molar-refractivity contribution in [2.24, 2.45) is 5.73 Å². The number of carboxylic acids is 1. The van der Waals surface area contributed by atoms with Gasteiger partial charge in [0.25, 0.3) is 0 Å². The molecule has 0 aromatic rings. The van der Waals surface area contributed by atoms with Crippen LogP contribution < -0.4 is 5.73 Å². The first-order valence-corrected chi connectivity index (χ1v) is 5.88. The van der Waals surface area contributed by atoms with Crippen molar-refractivity contribution in [3.63, 3.8) is 0 Å². The van der Waals surface area contributed by atoms with Crippen LogP contribution in [-0.2, 0) is 9.53 Å². The number of aliphatic carboxylic acids is 1. The zero-order valence-electron chi connectivity index (χ0n) is 9.69. The Hall–Kier alpha value is -0.650. The highest BCUT2D eigenvalue weighted by Crippen LogP contribution is 2.30. The molecule has 2 fully saturated rings. The van der Waals surface area contributed by atoms with Crippen LogP contribution in [0.4, 0.5) is 0 Å². The number of fused-ring (bicyclic) bond motifs is 1. The molecular formula is C11H20N2O3. The third-order valence-corrected chi connectivity index (χ3v) is 3.62. The number of rotatable bonds is 3. The van der Waals surface area contributed by atoms with E-state index in [-0.39, 0.29) is 0 Å². The molecule has 0 aromatic carbocycles. The fourth-order valence-corrected chi connectivity index (χ4v) is 2.69. The van der Waals surface area contributed by atoms with Crippen molar-refractivity contribution in [2.45, 2.75) is 43.9 Å². The van der Waals surface area contributed by atoms with Gasteiger partial charge in [-0.15, -0.1) is 0 Å². The van der Waals surface area contributed by atoms with Crippen LogP contribution in [0, 0.1) is 0 Å². The van der Waals surface area contributed by atoms with Gasteiger partial charge in [0.05, 0.1) is 12.7 Å². The second-order valence-electron chi connectivity index (χ2n) is 5.10. The van der Waals surface area contributed by atoms with Gasteiger partial charge in [0.2, 0.25) is 0 Å². The minimum absolute atomic E-state index is 0.290. The lowest BCUT2D eigenvalue weighted by Gasteiger charge is -2.40. The summed E-state index contributed by atoms with van der Waals surface area (Å²) in [6.07, 6.45) is 3.65. The normalized spacial score (nSPS) is 34.4. The van der Waals surface area contributed by atoms with Crippen LogP contribution in [0.1, 0.15) is 26.2 Å². The third kappa shape index (κ3) is 2.21. The summed E-state index contributed by atoms with van der Waals surface area (Å²) in [5.41, 5.74) is 4.63. The van der Waals surface area contributed by atoms with Gasteiger partial charge in [0, 0.05) is 19.1 Å². The second-order valence-corrected chi connectivity index (χ2v) is 5.10. The van der Waals surface area contributed by atoms with Crippen LogP contribution in [0.5, 0.6) is 0 Å². The third-order valence-electron chi connectivity index (χ3n) is 3.62. The van der Waals surface area contributed by atoms with Crippen molar-refractivity contribution in [2.75, 3.05) is 19.7 Å². The van der Waals surface area contributed by atoms with Crippen molar-refractivity contribution in [3.8, 4) is 0 Å². The first kappa shape index (κ1) is 11.8. The van der Waals surface area contributed by atoms with Gasteiger partial charge in [0.1, 0.15) is 5.54 Å². The van der Waals surface area contributed by atoms with E-state index in [0.29, 0.717) is 25.3 Å². The second kappa shape index (κ2) is 4.31. The number of nitrogens with zero attached hydrogens (tertiary/aromatic N) is 1. The summed E-state index contributed by atoms with van der Waals surface area (Å²) < 4.78 is 5.68. The van der Waals surface area contributed by atoms with Crippen molar-refractivity contribution in [3.05, 3.63) is 0 Å². The topological polar surface area (TPSA) is 75.8 Å². The quantitative estimate of drug-likeness (QED) is 0.713. The molecular weight excluding hydrogens is 208 g/mol. The predicted molar refractivity (Wildman–Crippen MR) is 59.2 cm³/mol. The number of carbonyl (C=O) groups is 1. The van der Waals surface area contributed by atoms with E-state index in [0.717, 1.165) is 19.4 Å². The largest absolute Gasteiger partial charge is 0.480 e. The van der Waals surface area contributed by atoms with Crippen LogP contribution in [0.25, 0.3) is 0 Å². The Bertz CT molecular complexity index is 280. The number of carboxylic acid groups (broad SMARTS) is 1. The maximum atomic E-state index is 11.0. The molecule has 92 valence electrons. The predicted octanol–water partition coefficient (Wildman–Crippen LogP) is 0.0417. The number of hydrogen-bond donors (Lipinski definition) is 2. The van der Waals surface area contributed by atoms with Gasteiger partial charge in [-0.1, -0.05) is 0 Å². The molecule has 3 atom stereocenters. The van der Waals surface area contributed by atoms with E-state index in [1.54, 1.807) is 6.92 Å². The van der Waals surface area contributed by atoms with E-state index in [1.165, 1.54) is 6.42 Å². The van der Waals surface area contributed by atoms with Crippen molar-refractivity contribution >= 4 is 5.97 Å². The van der Waals surface area contributed by atoms with E-state index in [1.807, 2.05) is 0 Å². The van der Waals surface area contributed by atoms with Crippen molar-refractivity contribution in [1.29, 1.82) is 0 Å². The van der Waals surface area contributed by atoms with E-state index in [4.69, 9.17) is 15.6 Å². The van der Waals surface area contributed by atoms with E-state index in [9.17, 15) is 4.79 Å². The molecule has 1 heterocycles. The average Bonchev–Trinajstić information content (AvgIpc) is 2.65. The van der Waals surface area contributed by atoms with E-state index >= 15 is 0 Å². The Morgan fingerprint density at radius 1 is 1.62 bits per heavy atom. The van der Waals surface area contributed by atoms with Crippen LogP contribution >= 0.6 is 0 Å². The molecule has 3 unspecified atom stereocenters. The molecule has 2 rings (SSSR count). The minimum Gasteiger partial charge on any atom is -0.480 e. The minimum atomic E-state index is -1.16. The summed E-state index contributed by atoms with van der Waals surface area (Å²) in [6.45, 7) is 3.47. The highest BCUT2D eigenvalue weighted by atomic mass is 16.5. The van der Waals surface area contributed by atoms with E-state index < -0.39 is 11.5 Å². The Balaban J connectivity index is 2.01. The van der Waals surface area contributed by atoms with E-state index in [2.05, 4.69) is 4.90 Å². The first-order valence-electron chi connectivity index (χ1n) is 5.88. The zero-order valence-corrected chi connectivity index (χ0v) is 9.69. The van der Waals surface area contributed by atoms with Gasteiger partial charge in [-0.3, -0.25) is 9.69 Å². The summed E-state index contributed by atoms with van der Waals surface area (Å²) in [4.78, 5) is 13.2. The fourth-order valence-electron chi connectivity index (χ4n) is 2.69. The number of morpholine rings is 1. The molecule has 1 saturated carbocycles. The van der Waals surface area contributed by atoms with Crippen LogP contribution in [0.2, 0.25) is 0 Å². The van der Waals surface area contributed by atoms with Crippen LogP contribution in [0.3, 0.4) is 0 Å². The highest BCUT2D eigenvalue weighted by molar-refractivity contribution is 5.78. The van der Waals surface area contributed by atoms with Crippen LogP contribution in [0.15, 0.2) is 0 Å². The van der Waals surface area contributed by atoms with Gasteiger partial charge >= 0.3 is 5.97 Å². The lowest BCUT2D eigenvalue weighted by Crippen LogP contribution is -2.59. The number of nitrogens with two attached hydrogens (primary N) is 1. The Labute approximate surface area is 95.5 Å². The maximum absolute atomic E-state index is 11.0. The molecule has 1 aliphatic heterocycles. The fraction of sp³-hybridized carbons (Fsp3) is 0.909. The summed E-state index contributed by atoms with van der Waals surface area (Å²) in [6, 6.07) is 0.371. The van der Waals surface area contributed by atoms with Gasteiger partial charge in [-0.25, -0.2) is 0 Å². The van der Waals surface area contributed by atoms with Crippen molar-refractivity contribution < 1.29 is 14.6 Å². The lowest BCUT2D eigenvalue weighted by molar-refractivity contribution is -0.145. The molecule has 0 spiro atoms. The van der Waals surface area contributed by atoms with Crippen LogP contribution in [-0.4, -0.2) is 53.4 Å². The van der Waals surface area contributed by atoms with Gasteiger partial charge in [0.15, 0.2) is 0 Å². The molecule has 2 aliphatic rings. The SMILES string of the molecule is CC(N)(CN1CCOC2CCCC21)C(=O)O. The number of hydrogen-bond acceptors (Lipinski definition) is 4. The Morgan fingerprint density at radius 2 is 2.38 bits per heavy atom. The van der Waals surface area contributed by atoms with Gasteiger partial charge in [-0.05, 0) is 26.2 Å². The molecule has 1 saturated heterocycles. The summed E-state index contributed by atoms with van der Waals surface area (Å²) >= 11 is 0. The molecule has 0 aromatic heterocycles. The molecule has 0 amide bonds. The summed E-state index contributed by atoms with van der Waals surface area (Å²) in [7, 11) is 0.